The number of aldehydes is 1. The van der Waals surface area contributed by atoms with Gasteiger partial charge in [-0.1, -0.05) is 12.1 Å². The summed E-state index contributed by atoms with van der Waals surface area (Å²) in [7, 11) is 0. The number of hydroxylamine groups is 2. The average molecular weight is 337 g/mol. The van der Waals surface area contributed by atoms with E-state index in [1.54, 1.807) is 24.3 Å². The van der Waals surface area contributed by atoms with E-state index in [1.807, 2.05) is 0 Å². The molecule has 0 bridgehead atoms. The molecule has 24 heavy (non-hydrogen) atoms. The van der Waals surface area contributed by atoms with E-state index in [4.69, 9.17) is 19.0 Å². The van der Waals surface area contributed by atoms with Gasteiger partial charge in [0, 0.05) is 0 Å². The minimum atomic E-state index is -0.464. The Morgan fingerprint density at radius 2 is 1.29 bits per heavy atom. The third kappa shape index (κ3) is 4.93. The normalized spacial score (nSPS) is 13.4. The van der Waals surface area contributed by atoms with Crippen LogP contribution in [0.25, 0.3) is 0 Å². The van der Waals surface area contributed by atoms with Gasteiger partial charge < -0.3 is 19.0 Å². The van der Waals surface area contributed by atoms with Crippen LogP contribution in [0.5, 0.6) is 0 Å². The lowest BCUT2D eigenvalue weighted by molar-refractivity contribution is -0.113. The number of imide groups is 1. The average Bonchev–Trinajstić information content (AvgIpc) is 2.84. The van der Waals surface area contributed by atoms with Gasteiger partial charge >= 0.3 is 0 Å². The predicted octanol–water partition coefficient (Wildman–Crippen LogP) is 0.463. The summed E-state index contributed by atoms with van der Waals surface area (Å²) in [6, 6.07) is 6.57. The topological polar surface area (TPSA) is 91.4 Å². The summed E-state index contributed by atoms with van der Waals surface area (Å²) in [4.78, 5) is 39.2. The largest absolute Gasteiger partial charge is 0.377 e. The van der Waals surface area contributed by atoms with Crippen molar-refractivity contribution < 1.29 is 33.4 Å². The van der Waals surface area contributed by atoms with Crippen LogP contribution in [0.3, 0.4) is 0 Å². The molecule has 2 amide bonds. The maximum absolute atomic E-state index is 12.0. The summed E-state index contributed by atoms with van der Waals surface area (Å²) in [5, 5.41) is 0.759. The van der Waals surface area contributed by atoms with Crippen molar-refractivity contribution in [1.82, 2.24) is 5.06 Å². The number of nitrogens with zero attached hydrogens (tertiary/aromatic N) is 1. The van der Waals surface area contributed by atoms with Crippen LogP contribution in [0.4, 0.5) is 0 Å². The molecule has 2 rings (SSSR count). The van der Waals surface area contributed by atoms with Crippen LogP contribution in [0.15, 0.2) is 24.3 Å². The Kier molecular flexibility index (Phi) is 7.50. The maximum atomic E-state index is 12.0. The van der Waals surface area contributed by atoms with E-state index < -0.39 is 11.8 Å². The number of hydrogen-bond acceptors (Lipinski definition) is 7. The molecule has 8 heteroatoms. The highest BCUT2D eigenvalue weighted by Gasteiger charge is 2.36. The number of carbonyl (C=O) groups is 3. The highest BCUT2D eigenvalue weighted by Crippen LogP contribution is 2.22. The quantitative estimate of drug-likeness (QED) is 0.311. The Bertz CT molecular complexity index is 540. The molecule has 0 fully saturated rings. The molecule has 0 saturated heterocycles. The highest BCUT2D eigenvalue weighted by molar-refractivity contribution is 6.20. The number of hydrogen-bond donors (Lipinski definition) is 0. The molecule has 1 aromatic rings. The SMILES string of the molecule is O=CCOCCOCCOCCON1C(=O)c2ccccc2C1=O. The molecular formula is C16H19NO7. The molecule has 0 unspecified atom stereocenters. The molecule has 1 aromatic carbocycles. The van der Waals surface area contributed by atoms with Crippen LogP contribution in [0.2, 0.25) is 0 Å². The number of fused-ring (bicyclic) bond motifs is 1. The predicted molar refractivity (Wildman–Crippen MR) is 81.4 cm³/mol. The van der Waals surface area contributed by atoms with E-state index in [0.717, 1.165) is 5.06 Å². The summed E-state index contributed by atoms with van der Waals surface area (Å²) >= 11 is 0. The molecule has 0 radical (unpaired) electrons. The lowest BCUT2D eigenvalue weighted by Gasteiger charge is -2.13. The van der Waals surface area contributed by atoms with Gasteiger partial charge in [-0.3, -0.25) is 14.4 Å². The van der Waals surface area contributed by atoms with Gasteiger partial charge in [0.05, 0.1) is 50.8 Å². The number of benzene rings is 1. The van der Waals surface area contributed by atoms with E-state index in [9.17, 15) is 14.4 Å². The second-order valence-corrected chi connectivity index (χ2v) is 4.75. The third-order valence-corrected chi connectivity index (χ3v) is 3.13. The molecule has 1 aliphatic heterocycles. The zero-order valence-electron chi connectivity index (χ0n) is 13.1. The summed E-state index contributed by atoms with van der Waals surface area (Å²) < 4.78 is 15.4. The zero-order valence-corrected chi connectivity index (χ0v) is 13.1. The first-order valence-electron chi connectivity index (χ1n) is 7.53. The fraction of sp³-hybridized carbons (Fsp3) is 0.438. The monoisotopic (exact) mass is 337 g/mol. The van der Waals surface area contributed by atoms with Gasteiger partial charge in [0.2, 0.25) is 0 Å². The molecule has 1 aliphatic rings. The maximum Gasteiger partial charge on any atom is 0.285 e. The van der Waals surface area contributed by atoms with Crippen molar-refractivity contribution in [3.8, 4) is 0 Å². The van der Waals surface area contributed by atoms with Gasteiger partial charge in [-0.25, -0.2) is 0 Å². The Hall–Kier alpha value is -2.13. The second-order valence-electron chi connectivity index (χ2n) is 4.75. The zero-order chi connectivity index (χ0) is 17.2. The third-order valence-electron chi connectivity index (χ3n) is 3.13. The number of ether oxygens (including phenoxy) is 3. The minimum absolute atomic E-state index is 0.0645. The van der Waals surface area contributed by atoms with Crippen molar-refractivity contribution in [3.63, 3.8) is 0 Å². The molecule has 0 aromatic heterocycles. The standard InChI is InChI=1S/C16H19NO7/c18-5-6-21-7-8-22-9-10-23-11-12-24-17-15(19)13-3-1-2-4-14(13)16(17)20/h1-5H,6-12H2. The Morgan fingerprint density at radius 1 is 0.792 bits per heavy atom. The molecule has 0 N–H and O–H groups in total. The Morgan fingerprint density at radius 3 is 1.83 bits per heavy atom. The lowest BCUT2D eigenvalue weighted by Crippen LogP contribution is -2.31. The molecule has 130 valence electrons. The van der Waals surface area contributed by atoms with Crippen LogP contribution in [0, 0.1) is 0 Å². The van der Waals surface area contributed by atoms with Crippen molar-refractivity contribution in [1.29, 1.82) is 0 Å². The number of rotatable bonds is 12. The first-order chi connectivity index (χ1) is 11.8. The van der Waals surface area contributed by atoms with Crippen molar-refractivity contribution in [2.45, 2.75) is 0 Å². The van der Waals surface area contributed by atoms with E-state index in [2.05, 4.69) is 0 Å². The van der Waals surface area contributed by atoms with Crippen LogP contribution in [0.1, 0.15) is 20.7 Å². The highest BCUT2D eigenvalue weighted by atomic mass is 16.7. The van der Waals surface area contributed by atoms with E-state index in [0.29, 0.717) is 43.8 Å². The number of amides is 2. The molecule has 1 heterocycles. The summed E-state index contributed by atoms with van der Waals surface area (Å²) in [5.41, 5.74) is 0.683. The van der Waals surface area contributed by atoms with Crippen molar-refractivity contribution in [2.24, 2.45) is 0 Å². The van der Waals surface area contributed by atoms with Crippen LogP contribution < -0.4 is 0 Å². The van der Waals surface area contributed by atoms with Crippen LogP contribution in [-0.4, -0.2) is 69.4 Å². The first-order valence-corrected chi connectivity index (χ1v) is 7.53. The van der Waals surface area contributed by atoms with Gasteiger partial charge in [-0.15, -0.1) is 5.06 Å². The van der Waals surface area contributed by atoms with Gasteiger partial charge in [-0.05, 0) is 12.1 Å². The molecule has 0 spiro atoms. The second kappa shape index (κ2) is 9.89. The van der Waals surface area contributed by atoms with Crippen LogP contribution >= 0.6 is 0 Å². The smallest absolute Gasteiger partial charge is 0.285 e. The van der Waals surface area contributed by atoms with E-state index in [-0.39, 0.29) is 19.8 Å². The van der Waals surface area contributed by atoms with Crippen molar-refractivity contribution >= 4 is 18.1 Å². The first kappa shape index (κ1) is 18.2. The van der Waals surface area contributed by atoms with Crippen molar-refractivity contribution in [3.05, 3.63) is 35.4 Å². The van der Waals surface area contributed by atoms with Gasteiger partial charge in [0.25, 0.3) is 11.8 Å². The van der Waals surface area contributed by atoms with E-state index in [1.165, 1.54) is 0 Å². The van der Waals surface area contributed by atoms with Crippen LogP contribution in [-0.2, 0) is 23.8 Å². The Labute approximate surface area is 139 Å². The minimum Gasteiger partial charge on any atom is -0.377 e. The molecule has 0 saturated carbocycles. The van der Waals surface area contributed by atoms with Gasteiger partial charge in [0.15, 0.2) is 0 Å². The molecule has 8 nitrogen and oxygen atoms in total. The molecule has 0 aliphatic carbocycles. The lowest BCUT2D eigenvalue weighted by atomic mass is 10.1. The van der Waals surface area contributed by atoms with E-state index >= 15 is 0 Å². The summed E-state index contributed by atoms with van der Waals surface area (Å²) in [5.74, 6) is -0.927. The van der Waals surface area contributed by atoms with Gasteiger partial charge in [-0.2, -0.15) is 0 Å². The molecular weight excluding hydrogens is 318 g/mol. The fourth-order valence-electron chi connectivity index (χ4n) is 2.04. The summed E-state index contributed by atoms with van der Waals surface area (Å²) in [6.07, 6.45) is 0.678. The fourth-order valence-corrected chi connectivity index (χ4v) is 2.04. The van der Waals surface area contributed by atoms with Crippen molar-refractivity contribution in [2.75, 3.05) is 46.2 Å². The Balaban J connectivity index is 1.54. The summed E-state index contributed by atoms with van der Waals surface area (Å²) in [6.45, 7) is 1.81. The van der Waals surface area contributed by atoms with Gasteiger partial charge in [0.1, 0.15) is 12.9 Å². The molecule has 0 atom stereocenters. The number of carbonyl (C=O) groups excluding carboxylic acids is 3.